The van der Waals surface area contributed by atoms with Crippen LogP contribution >= 0.6 is 0 Å². The van der Waals surface area contributed by atoms with E-state index in [1.807, 2.05) is 11.0 Å². The molecule has 1 amide bonds. The van der Waals surface area contributed by atoms with Crippen LogP contribution < -0.4 is 0 Å². The maximum absolute atomic E-state index is 12.5. The third-order valence-corrected chi connectivity index (χ3v) is 7.25. The van der Waals surface area contributed by atoms with Crippen LogP contribution in [0.5, 0.6) is 0 Å². The van der Waals surface area contributed by atoms with Crippen LogP contribution in [0, 0.1) is 5.92 Å². The van der Waals surface area contributed by atoms with E-state index in [-0.39, 0.29) is 5.92 Å². The zero-order chi connectivity index (χ0) is 18.7. The number of sulfonamides is 1. The SMILES string of the molecule is CN(C)S(=O)(=O)c1cccc(CN2CCC(C(=O)N3CCCC3)CC2)c1. The second kappa shape index (κ2) is 8.06. The van der Waals surface area contributed by atoms with Gasteiger partial charge in [-0.25, -0.2) is 12.7 Å². The Balaban J connectivity index is 1.57. The molecule has 2 fully saturated rings. The van der Waals surface area contributed by atoms with E-state index in [2.05, 4.69) is 4.90 Å². The van der Waals surface area contributed by atoms with Crippen LogP contribution in [-0.4, -0.2) is 68.7 Å². The highest BCUT2D eigenvalue weighted by molar-refractivity contribution is 7.89. The highest BCUT2D eigenvalue weighted by Gasteiger charge is 2.29. The zero-order valence-electron chi connectivity index (χ0n) is 15.7. The molecule has 0 unspecified atom stereocenters. The second-order valence-corrected chi connectivity index (χ2v) is 9.67. The molecule has 0 bridgehead atoms. The van der Waals surface area contributed by atoms with Gasteiger partial charge in [-0.2, -0.15) is 0 Å². The van der Waals surface area contributed by atoms with Gasteiger partial charge in [0.15, 0.2) is 0 Å². The molecule has 2 heterocycles. The maximum Gasteiger partial charge on any atom is 0.242 e. The number of carbonyl (C=O) groups is 1. The average Bonchev–Trinajstić information content (AvgIpc) is 3.16. The summed E-state index contributed by atoms with van der Waals surface area (Å²) in [5, 5.41) is 0. The molecule has 2 saturated heterocycles. The third kappa shape index (κ3) is 4.27. The van der Waals surface area contributed by atoms with Crippen LogP contribution in [0.3, 0.4) is 0 Å². The normalized spacial score (nSPS) is 20.0. The van der Waals surface area contributed by atoms with E-state index in [0.29, 0.717) is 10.8 Å². The molecule has 0 atom stereocenters. The van der Waals surface area contributed by atoms with Gasteiger partial charge in [-0.3, -0.25) is 9.69 Å². The quantitative estimate of drug-likeness (QED) is 0.782. The summed E-state index contributed by atoms with van der Waals surface area (Å²) in [6, 6.07) is 7.17. The summed E-state index contributed by atoms with van der Waals surface area (Å²) in [7, 11) is -0.313. The molecule has 7 heteroatoms. The molecule has 1 aromatic rings. The first kappa shape index (κ1) is 19.3. The Morgan fingerprint density at radius 3 is 2.38 bits per heavy atom. The average molecular weight is 380 g/mol. The van der Waals surface area contributed by atoms with Crippen molar-refractivity contribution in [3.8, 4) is 0 Å². The highest BCUT2D eigenvalue weighted by Crippen LogP contribution is 2.24. The molecule has 0 aliphatic carbocycles. The van der Waals surface area contributed by atoms with Gasteiger partial charge < -0.3 is 4.90 Å². The summed E-state index contributed by atoms with van der Waals surface area (Å²) in [5.41, 5.74) is 0.997. The smallest absolute Gasteiger partial charge is 0.242 e. The molecule has 1 aromatic carbocycles. The minimum absolute atomic E-state index is 0.157. The van der Waals surface area contributed by atoms with Crippen molar-refractivity contribution >= 4 is 15.9 Å². The predicted molar refractivity (Wildman–Crippen MR) is 101 cm³/mol. The van der Waals surface area contributed by atoms with E-state index in [1.54, 1.807) is 32.3 Å². The van der Waals surface area contributed by atoms with Gasteiger partial charge in [-0.15, -0.1) is 0 Å². The molecule has 0 aromatic heterocycles. The number of piperidine rings is 1. The van der Waals surface area contributed by atoms with Crippen LogP contribution in [0.2, 0.25) is 0 Å². The Morgan fingerprint density at radius 2 is 1.77 bits per heavy atom. The van der Waals surface area contributed by atoms with Crippen molar-refractivity contribution < 1.29 is 13.2 Å². The number of hydrogen-bond donors (Lipinski definition) is 0. The first-order valence-electron chi connectivity index (χ1n) is 9.40. The van der Waals surface area contributed by atoms with Crippen molar-refractivity contribution in [3.63, 3.8) is 0 Å². The topological polar surface area (TPSA) is 60.9 Å². The van der Waals surface area contributed by atoms with Crippen molar-refractivity contribution in [2.24, 2.45) is 5.92 Å². The van der Waals surface area contributed by atoms with E-state index in [1.165, 1.54) is 4.31 Å². The minimum Gasteiger partial charge on any atom is -0.342 e. The largest absolute Gasteiger partial charge is 0.342 e. The van der Waals surface area contributed by atoms with Crippen molar-refractivity contribution in [1.29, 1.82) is 0 Å². The molecule has 144 valence electrons. The van der Waals surface area contributed by atoms with E-state index in [0.717, 1.165) is 64.0 Å². The number of benzene rings is 1. The summed E-state index contributed by atoms with van der Waals surface area (Å²) in [6.45, 7) is 4.34. The molecule has 6 nitrogen and oxygen atoms in total. The van der Waals surface area contributed by atoms with Crippen molar-refractivity contribution in [1.82, 2.24) is 14.1 Å². The number of rotatable bonds is 5. The molecule has 3 rings (SSSR count). The third-order valence-electron chi connectivity index (χ3n) is 5.44. The Labute approximate surface area is 156 Å². The molecule has 26 heavy (non-hydrogen) atoms. The Hall–Kier alpha value is -1.44. The van der Waals surface area contributed by atoms with Gasteiger partial charge in [-0.05, 0) is 56.5 Å². The first-order valence-corrected chi connectivity index (χ1v) is 10.8. The molecular formula is C19H29N3O3S. The molecule has 0 spiro atoms. The zero-order valence-corrected chi connectivity index (χ0v) is 16.5. The number of likely N-dealkylation sites (tertiary alicyclic amines) is 2. The summed E-state index contributed by atoms with van der Waals surface area (Å²) < 4.78 is 25.8. The number of hydrogen-bond acceptors (Lipinski definition) is 4. The van der Waals surface area contributed by atoms with Crippen LogP contribution in [0.15, 0.2) is 29.2 Å². The molecule has 0 saturated carbocycles. The van der Waals surface area contributed by atoms with Crippen LogP contribution in [-0.2, 0) is 21.4 Å². The van der Waals surface area contributed by atoms with Crippen LogP contribution in [0.4, 0.5) is 0 Å². The van der Waals surface area contributed by atoms with Crippen molar-refractivity contribution in [3.05, 3.63) is 29.8 Å². The summed E-state index contributed by atoms with van der Waals surface area (Å²) in [4.78, 5) is 17.2. The van der Waals surface area contributed by atoms with Gasteiger partial charge in [0.2, 0.25) is 15.9 Å². The van der Waals surface area contributed by atoms with Gasteiger partial charge >= 0.3 is 0 Å². The predicted octanol–water partition coefficient (Wildman–Crippen LogP) is 1.77. The maximum atomic E-state index is 12.5. The molecule has 2 aliphatic heterocycles. The van der Waals surface area contributed by atoms with Gasteiger partial charge in [-0.1, -0.05) is 12.1 Å². The summed E-state index contributed by atoms with van der Waals surface area (Å²) in [6.07, 6.45) is 4.06. The summed E-state index contributed by atoms with van der Waals surface area (Å²) >= 11 is 0. The van der Waals surface area contributed by atoms with E-state index >= 15 is 0 Å². The number of nitrogens with zero attached hydrogens (tertiary/aromatic N) is 3. The standard InChI is InChI=1S/C19H29N3O3S/c1-20(2)26(24,25)18-7-5-6-16(14-18)15-21-12-8-17(9-13-21)19(23)22-10-3-4-11-22/h5-7,14,17H,3-4,8-13,15H2,1-2H3. The molecular weight excluding hydrogens is 350 g/mol. The van der Waals surface area contributed by atoms with Crippen molar-refractivity contribution in [2.45, 2.75) is 37.1 Å². The van der Waals surface area contributed by atoms with Gasteiger partial charge in [0.1, 0.15) is 0 Å². The lowest BCUT2D eigenvalue weighted by Crippen LogP contribution is -2.41. The Kier molecular flexibility index (Phi) is 5.99. The van der Waals surface area contributed by atoms with E-state index in [4.69, 9.17) is 0 Å². The van der Waals surface area contributed by atoms with Gasteiger partial charge in [0.25, 0.3) is 0 Å². The first-order chi connectivity index (χ1) is 12.4. The Bertz CT molecular complexity index is 734. The Morgan fingerprint density at radius 1 is 1.12 bits per heavy atom. The fraction of sp³-hybridized carbons (Fsp3) is 0.632. The number of carbonyl (C=O) groups excluding carboxylic acids is 1. The van der Waals surface area contributed by atoms with Gasteiger partial charge in [0, 0.05) is 39.6 Å². The fourth-order valence-corrected chi connectivity index (χ4v) is 4.78. The minimum atomic E-state index is -3.41. The molecule has 0 N–H and O–H groups in total. The molecule has 0 radical (unpaired) electrons. The van der Waals surface area contributed by atoms with Gasteiger partial charge in [0.05, 0.1) is 4.90 Å². The van der Waals surface area contributed by atoms with Crippen molar-refractivity contribution in [2.75, 3.05) is 40.3 Å². The van der Waals surface area contributed by atoms with Crippen LogP contribution in [0.1, 0.15) is 31.2 Å². The molecule has 2 aliphatic rings. The van der Waals surface area contributed by atoms with E-state index in [9.17, 15) is 13.2 Å². The lowest BCUT2D eigenvalue weighted by atomic mass is 9.95. The van der Waals surface area contributed by atoms with E-state index < -0.39 is 10.0 Å². The fourth-order valence-electron chi connectivity index (χ4n) is 3.81. The second-order valence-electron chi connectivity index (χ2n) is 7.52. The lowest BCUT2D eigenvalue weighted by molar-refractivity contribution is -0.136. The lowest BCUT2D eigenvalue weighted by Gasteiger charge is -2.33. The highest BCUT2D eigenvalue weighted by atomic mass is 32.2. The van der Waals surface area contributed by atoms with Crippen LogP contribution in [0.25, 0.3) is 0 Å². The number of amides is 1. The summed E-state index contributed by atoms with van der Waals surface area (Å²) in [5.74, 6) is 0.492. The monoisotopic (exact) mass is 379 g/mol.